The van der Waals surface area contributed by atoms with E-state index in [0.29, 0.717) is 0 Å². The monoisotopic (exact) mass is 249 g/mol. The molecule has 0 aliphatic heterocycles. The van der Waals surface area contributed by atoms with Crippen molar-refractivity contribution in [2.24, 2.45) is 10.9 Å². The Kier molecular flexibility index (Phi) is 10.2. The minimum Gasteiger partial charge on any atom is -0.303 e. The van der Waals surface area contributed by atoms with Gasteiger partial charge in [0.15, 0.2) is 0 Å². The summed E-state index contributed by atoms with van der Waals surface area (Å²) in [6, 6.07) is 0. The number of aliphatic imine (C=N–C) groups is 1. The van der Waals surface area contributed by atoms with Crippen LogP contribution in [0.25, 0.3) is 0 Å². The first-order valence-corrected chi connectivity index (χ1v) is 6.94. The van der Waals surface area contributed by atoms with Crippen LogP contribution in [0, 0.1) is 5.92 Å². The van der Waals surface area contributed by atoms with Gasteiger partial charge < -0.3 is 4.79 Å². The molecule has 0 N–H and O–H groups in total. The summed E-state index contributed by atoms with van der Waals surface area (Å²) in [5.41, 5.74) is 2.12. The molecule has 0 aromatic rings. The Morgan fingerprint density at radius 3 is 2.61 bits per heavy atom. The minimum atomic E-state index is 0.255. The molecule has 102 valence electrons. The Bertz CT molecular complexity index is 302. The Morgan fingerprint density at radius 1 is 1.33 bits per heavy atom. The quantitative estimate of drug-likeness (QED) is 0.238. The van der Waals surface area contributed by atoms with Crippen molar-refractivity contribution in [2.75, 3.05) is 0 Å². The summed E-state index contributed by atoms with van der Waals surface area (Å²) in [6.45, 7) is 10.0. The van der Waals surface area contributed by atoms with Gasteiger partial charge in [0.05, 0.1) is 0 Å². The average Bonchev–Trinajstić information content (AvgIpc) is 2.33. The van der Waals surface area contributed by atoms with Crippen molar-refractivity contribution in [1.29, 1.82) is 0 Å². The molecule has 0 heterocycles. The first kappa shape index (κ1) is 16.8. The Morgan fingerprint density at radius 2 is 2.06 bits per heavy atom. The molecule has 0 saturated heterocycles. The van der Waals surface area contributed by atoms with Crippen LogP contribution < -0.4 is 0 Å². The van der Waals surface area contributed by atoms with Crippen molar-refractivity contribution >= 4 is 12.5 Å². The molecule has 0 aromatic heterocycles. The standard InChI is InChI=1S/C16H27NO/c1-5-9-16(13-18)11-8-7-10-14(3)12-15(4)17-6-2/h6,12-13,16H,3,5,7-11H2,1-2,4H3/b15-12-,17-6?. The topological polar surface area (TPSA) is 29.4 Å². The Balaban J connectivity index is 3.81. The molecular formula is C16H27NO. The second kappa shape index (κ2) is 10.9. The average molecular weight is 249 g/mol. The lowest BCUT2D eigenvalue weighted by molar-refractivity contribution is -0.111. The van der Waals surface area contributed by atoms with Crippen molar-refractivity contribution in [3.63, 3.8) is 0 Å². The van der Waals surface area contributed by atoms with Crippen LogP contribution in [0.3, 0.4) is 0 Å². The van der Waals surface area contributed by atoms with Gasteiger partial charge in [-0.1, -0.05) is 31.9 Å². The van der Waals surface area contributed by atoms with Crippen LogP contribution in [0.1, 0.15) is 59.3 Å². The molecule has 0 bridgehead atoms. The zero-order chi connectivity index (χ0) is 13.8. The number of carbonyl (C=O) groups is 1. The number of nitrogens with zero attached hydrogens (tertiary/aromatic N) is 1. The van der Waals surface area contributed by atoms with Gasteiger partial charge in [0.25, 0.3) is 0 Å². The highest BCUT2D eigenvalue weighted by atomic mass is 16.1. The maximum atomic E-state index is 10.8. The predicted octanol–water partition coefficient (Wildman–Crippen LogP) is 4.71. The maximum absolute atomic E-state index is 10.8. The van der Waals surface area contributed by atoms with Gasteiger partial charge in [0.1, 0.15) is 6.29 Å². The van der Waals surface area contributed by atoms with E-state index in [-0.39, 0.29) is 5.92 Å². The van der Waals surface area contributed by atoms with E-state index in [1.807, 2.05) is 19.9 Å². The molecule has 1 atom stereocenters. The highest BCUT2D eigenvalue weighted by Crippen LogP contribution is 2.16. The molecule has 2 heteroatoms. The van der Waals surface area contributed by atoms with Crippen molar-refractivity contribution < 1.29 is 4.79 Å². The van der Waals surface area contributed by atoms with Crippen LogP contribution in [0.4, 0.5) is 0 Å². The van der Waals surface area contributed by atoms with Crippen LogP contribution in [-0.4, -0.2) is 12.5 Å². The van der Waals surface area contributed by atoms with Gasteiger partial charge in [-0.2, -0.15) is 0 Å². The highest BCUT2D eigenvalue weighted by Gasteiger charge is 2.05. The molecule has 0 spiro atoms. The fourth-order valence-corrected chi connectivity index (χ4v) is 2.02. The summed E-state index contributed by atoms with van der Waals surface area (Å²) in [4.78, 5) is 15.0. The summed E-state index contributed by atoms with van der Waals surface area (Å²) >= 11 is 0. The predicted molar refractivity (Wildman–Crippen MR) is 80.0 cm³/mol. The molecule has 0 aromatic carbocycles. The largest absolute Gasteiger partial charge is 0.303 e. The number of allylic oxidation sites excluding steroid dienone is 3. The molecule has 0 fully saturated rings. The van der Waals surface area contributed by atoms with Gasteiger partial charge in [-0.25, -0.2) is 0 Å². The van der Waals surface area contributed by atoms with Crippen LogP contribution in [0.5, 0.6) is 0 Å². The third-order valence-electron chi connectivity index (χ3n) is 2.92. The molecule has 0 aliphatic rings. The maximum Gasteiger partial charge on any atom is 0.123 e. The smallest absolute Gasteiger partial charge is 0.123 e. The highest BCUT2D eigenvalue weighted by molar-refractivity contribution is 5.55. The van der Waals surface area contributed by atoms with Gasteiger partial charge in [-0.05, 0) is 45.6 Å². The molecule has 0 radical (unpaired) electrons. The van der Waals surface area contributed by atoms with E-state index in [1.54, 1.807) is 6.21 Å². The molecule has 0 rings (SSSR count). The summed E-state index contributed by atoms with van der Waals surface area (Å²) in [6.07, 6.45) is 11.3. The van der Waals surface area contributed by atoms with Gasteiger partial charge >= 0.3 is 0 Å². The first-order valence-electron chi connectivity index (χ1n) is 6.94. The van der Waals surface area contributed by atoms with E-state index >= 15 is 0 Å². The van der Waals surface area contributed by atoms with Crippen molar-refractivity contribution in [2.45, 2.75) is 59.3 Å². The van der Waals surface area contributed by atoms with Crippen LogP contribution >= 0.6 is 0 Å². The van der Waals surface area contributed by atoms with Crippen LogP contribution in [0.2, 0.25) is 0 Å². The van der Waals surface area contributed by atoms with E-state index in [4.69, 9.17) is 0 Å². The van der Waals surface area contributed by atoms with Crippen molar-refractivity contribution in [1.82, 2.24) is 0 Å². The fourth-order valence-electron chi connectivity index (χ4n) is 2.02. The van der Waals surface area contributed by atoms with E-state index < -0.39 is 0 Å². The fraction of sp³-hybridized carbons (Fsp3) is 0.625. The molecule has 2 nitrogen and oxygen atoms in total. The second-order valence-electron chi connectivity index (χ2n) is 4.76. The number of unbranched alkanes of at least 4 members (excludes halogenated alkanes) is 1. The zero-order valence-corrected chi connectivity index (χ0v) is 12.1. The third kappa shape index (κ3) is 8.91. The summed E-state index contributed by atoms with van der Waals surface area (Å²) < 4.78 is 0. The summed E-state index contributed by atoms with van der Waals surface area (Å²) in [7, 11) is 0. The van der Waals surface area contributed by atoms with E-state index in [1.165, 1.54) is 0 Å². The number of rotatable bonds is 10. The van der Waals surface area contributed by atoms with Gasteiger partial charge in [-0.3, -0.25) is 4.99 Å². The Labute approximate surface area is 112 Å². The van der Waals surface area contributed by atoms with E-state index in [0.717, 1.165) is 56.1 Å². The number of hydrogen-bond donors (Lipinski definition) is 0. The molecular weight excluding hydrogens is 222 g/mol. The molecule has 1 unspecified atom stereocenters. The SMILES string of the molecule is C=C(/C=C(/C)N=CC)CCCCC(C=O)CCC. The molecule has 18 heavy (non-hydrogen) atoms. The lowest BCUT2D eigenvalue weighted by Crippen LogP contribution is -2.01. The molecule has 0 amide bonds. The third-order valence-corrected chi connectivity index (χ3v) is 2.92. The van der Waals surface area contributed by atoms with Crippen molar-refractivity contribution in [3.05, 3.63) is 23.9 Å². The summed E-state index contributed by atoms with van der Waals surface area (Å²) in [5.74, 6) is 0.255. The van der Waals surface area contributed by atoms with Gasteiger partial charge in [0.2, 0.25) is 0 Å². The van der Waals surface area contributed by atoms with Crippen LogP contribution in [0.15, 0.2) is 28.9 Å². The van der Waals surface area contributed by atoms with Crippen molar-refractivity contribution in [3.8, 4) is 0 Å². The lowest BCUT2D eigenvalue weighted by atomic mass is 9.97. The van der Waals surface area contributed by atoms with Gasteiger partial charge in [-0.15, -0.1) is 0 Å². The normalized spacial score (nSPS) is 13.8. The first-order chi connectivity index (χ1) is 8.63. The minimum absolute atomic E-state index is 0.255. The van der Waals surface area contributed by atoms with Gasteiger partial charge in [0, 0.05) is 17.8 Å². The van der Waals surface area contributed by atoms with E-state index in [9.17, 15) is 4.79 Å². The second-order valence-corrected chi connectivity index (χ2v) is 4.76. The zero-order valence-electron chi connectivity index (χ0n) is 12.1. The number of hydrogen-bond acceptors (Lipinski definition) is 2. The molecule has 0 aliphatic carbocycles. The molecule has 0 saturated carbocycles. The van der Waals surface area contributed by atoms with Crippen LogP contribution in [-0.2, 0) is 4.79 Å². The lowest BCUT2D eigenvalue weighted by Gasteiger charge is -2.08. The van der Waals surface area contributed by atoms with E-state index in [2.05, 4.69) is 18.5 Å². The Hall–Kier alpha value is -1.18. The number of aldehydes is 1. The summed E-state index contributed by atoms with van der Waals surface area (Å²) in [5, 5.41) is 0. The number of carbonyl (C=O) groups excluding carboxylic acids is 1.